The van der Waals surface area contributed by atoms with Crippen molar-refractivity contribution in [3.05, 3.63) is 0 Å². The van der Waals surface area contributed by atoms with Crippen LogP contribution in [0.4, 0.5) is 0 Å². The molecule has 0 aromatic rings. The van der Waals surface area contributed by atoms with Crippen LogP contribution < -0.4 is 5.32 Å². The third-order valence-electron chi connectivity index (χ3n) is 22.7. The summed E-state index contributed by atoms with van der Waals surface area (Å²) in [7, 11) is 0. The summed E-state index contributed by atoms with van der Waals surface area (Å²) in [5.41, 5.74) is -1.09. The Bertz CT molecular complexity index is 2330. The molecule has 11 rings (SSSR count). The lowest BCUT2D eigenvalue weighted by Crippen LogP contribution is -2.68. The first-order valence-corrected chi connectivity index (χ1v) is 31.5. The van der Waals surface area contributed by atoms with Crippen molar-refractivity contribution in [2.45, 2.75) is 257 Å². The summed E-state index contributed by atoms with van der Waals surface area (Å²) in [6, 6.07) is 0. The highest BCUT2D eigenvalue weighted by Gasteiger charge is 2.71. The summed E-state index contributed by atoms with van der Waals surface area (Å²) >= 11 is 0. The Morgan fingerprint density at radius 2 is 1.11 bits per heavy atom. The summed E-state index contributed by atoms with van der Waals surface area (Å²) in [6.07, 6.45) is -34.8. The molecule has 7 heterocycles. The van der Waals surface area contributed by atoms with Gasteiger partial charge in [-0.05, 0) is 104 Å². The van der Waals surface area contributed by atoms with Gasteiger partial charge in [0, 0.05) is 19.4 Å². The van der Waals surface area contributed by atoms with Gasteiger partial charge in [0.15, 0.2) is 37.2 Å². The second-order valence-corrected chi connectivity index (χ2v) is 27.5. The Labute approximate surface area is 508 Å². The maximum Gasteiger partial charge on any atom is 0.303 e. The highest BCUT2D eigenvalue weighted by atomic mass is 16.8. The molecule has 0 radical (unpaired) electrons. The smallest absolute Gasteiger partial charge is 0.303 e. The minimum absolute atomic E-state index is 0.0503. The van der Waals surface area contributed by atoms with E-state index in [9.17, 15) is 86.5 Å². The molecule has 0 aromatic heterocycles. The van der Waals surface area contributed by atoms with Crippen LogP contribution in [0.1, 0.15) is 85.5 Å². The third-order valence-corrected chi connectivity index (χ3v) is 22.7. The van der Waals surface area contributed by atoms with Crippen molar-refractivity contribution in [2.75, 3.05) is 46.2 Å². The highest BCUT2D eigenvalue weighted by Crippen LogP contribution is 2.71. The Hall–Kier alpha value is -1.65. The maximum atomic E-state index is 12.7. The van der Waals surface area contributed by atoms with Crippen LogP contribution in [0.15, 0.2) is 0 Å². The average Bonchev–Trinajstić information content (AvgIpc) is 1.50. The zero-order chi connectivity index (χ0) is 63.2. The second-order valence-electron chi connectivity index (χ2n) is 27.5. The van der Waals surface area contributed by atoms with Crippen molar-refractivity contribution in [1.29, 1.82) is 0 Å². The van der Waals surface area contributed by atoms with Gasteiger partial charge in [-0.2, -0.15) is 0 Å². The minimum Gasteiger partial charge on any atom is -0.458 e. The molecule has 0 aromatic carbocycles. The molecule has 88 heavy (non-hydrogen) atoms. The summed E-state index contributed by atoms with van der Waals surface area (Å²) in [5.74, 6) is 0.879. The number of hydrogen-bond donors (Lipinski definition) is 17. The molecule has 30 heteroatoms. The summed E-state index contributed by atoms with van der Waals surface area (Å²) < 4.78 is 72.8. The van der Waals surface area contributed by atoms with Crippen LogP contribution in [-0.4, -0.2) is 305 Å². The predicted molar refractivity (Wildman–Crippen MR) is 289 cm³/mol. The fourth-order valence-corrected chi connectivity index (χ4v) is 18.0. The van der Waals surface area contributed by atoms with Gasteiger partial charge in [0.2, 0.25) is 0 Å². The highest BCUT2D eigenvalue weighted by molar-refractivity contribution is 5.66. The second kappa shape index (κ2) is 26.9. The van der Waals surface area contributed by atoms with Gasteiger partial charge >= 0.3 is 5.97 Å². The van der Waals surface area contributed by atoms with Crippen LogP contribution in [0.2, 0.25) is 0 Å². The number of nitrogens with one attached hydrogen (secondary N) is 1. The number of hydrogen-bond acceptors (Lipinski definition) is 30. The average molecular weight is 1270 g/mol. The fraction of sp³-hybridized carbons (Fsp3) is 0.983. The fourth-order valence-electron chi connectivity index (χ4n) is 18.0. The van der Waals surface area contributed by atoms with E-state index >= 15 is 0 Å². The van der Waals surface area contributed by atoms with Crippen LogP contribution in [0.5, 0.6) is 0 Å². The molecule has 4 aliphatic carbocycles. The van der Waals surface area contributed by atoms with Crippen molar-refractivity contribution in [2.24, 2.45) is 52.3 Å². The van der Waals surface area contributed by atoms with Gasteiger partial charge < -0.3 is 139 Å². The number of ether oxygens (including phenoxy) is 12. The lowest BCUT2D eigenvalue weighted by Gasteiger charge is -2.61. The Kier molecular flexibility index (Phi) is 20.7. The number of carbonyl (C=O) groups is 1. The van der Waals surface area contributed by atoms with Crippen LogP contribution in [0.3, 0.4) is 0 Å². The van der Waals surface area contributed by atoms with E-state index in [4.69, 9.17) is 56.8 Å². The zero-order valence-electron chi connectivity index (χ0n) is 49.9. The Morgan fingerprint density at radius 3 is 1.78 bits per heavy atom. The minimum atomic E-state index is -2.03. The van der Waals surface area contributed by atoms with Crippen LogP contribution in [0, 0.1) is 52.3 Å². The van der Waals surface area contributed by atoms with E-state index in [1.165, 1.54) is 6.92 Å². The van der Waals surface area contributed by atoms with Crippen molar-refractivity contribution >= 4 is 5.97 Å². The van der Waals surface area contributed by atoms with E-state index in [1.54, 1.807) is 0 Å². The molecule has 37 atom stereocenters. The van der Waals surface area contributed by atoms with E-state index in [0.29, 0.717) is 43.6 Å². The lowest BCUT2D eigenvalue weighted by molar-refractivity contribution is -0.404. The molecule has 506 valence electrons. The number of rotatable bonds is 16. The maximum absolute atomic E-state index is 12.7. The molecule has 30 nitrogen and oxygen atoms in total. The number of carbonyl (C=O) groups excluding carboxylic acids is 1. The van der Waals surface area contributed by atoms with Gasteiger partial charge in [-0.1, -0.05) is 20.8 Å². The zero-order valence-corrected chi connectivity index (χ0v) is 49.9. The number of esters is 1. The normalized spacial score (nSPS) is 55.5. The molecule has 17 N–H and O–H groups in total. The molecule has 4 saturated carbocycles. The van der Waals surface area contributed by atoms with Gasteiger partial charge in [0.25, 0.3) is 0 Å². The molecule has 0 bridgehead atoms. The molecule has 7 saturated heterocycles. The molecule has 2 unspecified atom stereocenters. The topological polar surface area (TPSA) is 464 Å². The van der Waals surface area contributed by atoms with Gasteiger partial charge in [-0.15, -0.1) is 0 Å². The van der Waals surface area contributed by atoms with Gasteiger partial charge in [0.1, 0.15) is 122 Å². The monoisotopic (exact) mass is 1270 g/mol. The van der Waals surface area contributed by atoms with E-state index < -0.39 is 204 Å². The van der Waals surface area contributed by atoms with Gasteiger partial charge in [-0.3, -0.25) is 10.1 Å². The van der Waals surface area contributed by atoms with E-state index in [1.807, 2.05) is 0 Å². The van der Waals surface area contributed by atoms with Crippen molar-refractivity contribution in [3.63, 3.8) is 0 Å². The molecule has 0 amide bonds. The first-order chi connectivity index (χ1) is 41.8. The molecule has 11 fully saturated rings. The van der Waals surface area contributed by atoms with E-state index in [-0.39, 0.29) is 47.2 Å². The first-order valence-electron chi connectivity index (χ1n) is 31.5. The van der Waals surface area contributed by atoms with Crippen LogP contribution in [-0.2, 0) is 61.6 Å². The molecule has 11 aliphatic rings. The van der Waals surface area contributed by atoms with Crippen LogP contribution in [0.25, 0.3) is 0 Å². The number of aliphatic hydroxyl groups excluding tert-OH is 16. The summed E-state index contributed by atoms with van der Waals surface area (Å²) in [6.45, 7) is 5.16. The largest absolute Gasteiger partial charge is 0.458 e. The Balaban J connectivity index is 0.728. The van der Waals surface area contributed by atoms with E-state index in [0.717, 1.165) is 38.5 Å². The predicted octanol–water partition coefficient (Wildman–Crippen LogP) is -6.36. The van der Waals surface area contributed by atoms with Crippen molar-refractivity contribution in [1.82, 2.24) is 5.32 Å². The molecule has 1 spiro atoms. The van der Waals surface area contributed by atoms with Gasteiger partial charge in [-0.25, -0.2) is 0 Å². The number of piperidine rings is 1. The Morgan fingerprint density at radius 1 is 0.545 bits per heavy atom. The SMILES string of the molecule is CC(=O)O[C@H]1C[C@H](CO[C@@H]2O[C@H](CO)[C@@H](O)[C@H](O)[C@H]2O)CN[C@@]12O[C@H]1CC3[C@@H]4CC[C@H]5C[C@@H](O[C@@H]6O[C@H](CO)[C@H](O[C@@H]7O[C@H](CO)[C@@H](O)[C@H](O[C@@H]8OC[C@@H](O)[C@H](O)[C@H]8O)[C@H]7O[C@@H]7O[C@H](CO)[C@@H](O)[C@H](O)[C@H]7O)[C@H](O)[C@H]6O)CC[C@]5(C)[C@H]4CC[C@]3(C)C1[C@@H]2C. The van der Waals surface area contributed by atoms with Crippen molar-refractivity contribution in [3.8, 4) is 0 Å². The molecule has 7 aliphatic heterocycles. The van der Waals surface area contributed by atoms with Crippen LogP contribution >= 0.6 is 0 Å². The van der Waals surface area contributed by atoms with Gasteiger partial charge in [0.05, 0.1) is 51.8 Å². The first kappa shape index (κ1) is 67.8. The molecular weight excluding hydrogens is 1170 g/mol. The summed E-state index contributed by atoms with van der Waals surface area (Å²) in [5, 5.41) is 175. The summed E-state index contributed by atoms with van der Waals surface area (Å²) in [4.78, 5) is 12.7. The molecular formula is C58H95NO29. The van der Waals surface area contributed by atoms with Crippen molar-refractivity contribution < 1.29 is 143 Å². The number of aliphatic hydroxyl groups is 16. The quantitative estimate of drug-likeness (QED) is 0.0505. The lowest BCUT2D eigenvalue weighted by atomic mass is 9.44. The third kappa shape index (κ3) is 12.1. The standard InChI is InChI=1S/C58H95NO29/c1-21-36-30(88-58(21)35(79-22(2)64)11-23(14-59-58)19-77-51-45(74)41(70)38(67)31(15-60)81-51)13-28-26-6-5-24-12-25(7-9-56(24,3)27(26)8-10-57(28,36)4)80-53-47(76)43(72)48(34(18-63)84-53)85-55-50(87-54-46(75)42(71)39(68)32(16-61)82-54)49(40(69)33(17-62)83-55)86-52-44(73)37(66)29(65)20-78-52/h21,23-55,59-63,65-76H,5-20H2,1-4H3/t21-,23-,24-,25-,26+,27-,28?,29+,30-,31+,32+,33+,34+,35-,36?,37-,38+,39+,40+,41-,42-,43+,44+,45+,46+,47+,48-,49-,50+,51+,52-,53+,54-,55-,56-,57-,58-/m0/s1. The van der Waals surface area contributed by atoms with E-state index in [2.05, 4.69) is 26.1 Å². The number of fused-ring (bicyclic) bond motifs is 7.